The Hall–Kier alpha value is -2.24. The molecule has 0 aromatic carbocycles. The molecule has 2 N–H and O–H groups in total. The van der Waals surface area contributed by atoms with Crippen LogP contribution in [-0.2, 0) is 20.9 Å². The minimum atomic E-state index is -0.260. The second-order valence-electron chi connectivity index (χ2n) is 4.53. The zero-order valence-electron chi connectivity index (χ0n) is 11.4. The van der Waals surface area contributed by atoms with E-state index in [2.05, 4.69) is 10.6 Å². The fourth-order valence-electron chi connectivity index (χ4n) is 1.94. The molecule has 0 radical (unpaired) electrons. The van der Waals surface area contributed by atoms with Gasteiger partial charge in [0.1, 0.15) is 11.5 Å². The lowest BCUT2D eigenvalue weighted by Gasteiger charge is -2.18. The van der Waals surface area contributed by atoms with Gasteiger partial charge in [-0.1, -0.05) is 0 Å². The molecule has 1 aromatic heterocycles. The second-order valence-corrected chi connectivity index (χ2v) is 4.53. The van der Waals surface area contributed by atoms with Crippen LogP contribution in [0.3, 0.4) is 0 Å². The SMILES string of the molecule is CC1=C(C(=O)NCC(=O)NCc2ccco2)CCCO1. The highest BCUT2D eigenvalue weighted by atomic mass is 16.5. The zero-order chi connectivity index (χ0) is 14.4. The fraction of sp³-hybridized carbons (Fsp3) is 0.429. The molecule has 0 aliphatic carbocycles. The van der Waals surface area contributed by atoms with Crippen LogP contribution in [0.1, 0.15) is 25.5 Å². The molecule has 0 bridgehead atoms. The van der Waals surface area contributed by atoms with Crippen LogP contribution in [0.15, 0.2) is 34.1 Å². The predicted molar refractivity (Wildman–Crippen MR) is 71.5 cm³/mol. The summed E-state index contributed by atoms with van der Waals surface area (Å²) in [5, 5.41) is 5.25. The van der Waals surface area contributed by atoms with Crippen molar-refractivity contribution in [2.45, 2.75) is 26.3 Å². The Morgan fingerprint density at radius 3 is 2.90 bits per heavy atom. The predicted octanol–water partition coefficient (Wildman–Crippen LogP) is 1.10. The molecule has 6 nitrogen and oxygen atoms in total. The van der Waals surface area contributed by atoms with E-state index in [4.69, 9.17) is 9.15 Å². The molecule has 20 heavy (non-hydrogen) atoms. The van der Waals surface area contributed by atoms with Gasteiger partial charge in [-0.25, -0.2) is 0 Å². The van der Waals surface area contributed by atoms with Crippen LogP contribution in [-0.4, -0.2) is 25.0 Å². The van der Waals surface area contributed by atoms with Crippen molar-refractivity contribution in [2.24, 2.45) is 0 Å². The molecule has 2 rings (SSSR count). The summed E-state index contributed by atoms with van der Waals surface area (Å²) < 4.78 is 10.4. The molecule has 0 saturated carbocycles. The normalized spacial score (nSPS) is 14.7. The largest absolute Gasteiger partial charge is 0.498 e. The molecular weight excluding hydrogens is 260 g/mol. The summed E-state index contributed by atoms with van der Waals surface area (Å²) >= 11 is 0. The van der Waals surface area contributed by atoms with Gasteiger partial charge in [0.25, 0.3) is 5.91 Å². The lowest BCUT2D eigenvalue weighted by Crippen LogP contribution is -2.37. The molecule has 2 amide bonds. The number of ether oxygens (including phenoxy) is 1. The highest BCUT2D eigenvalue weighted by molar-refractivity contribution is 5.96. The van der Waals surface area contributed by atoms with E-state index in [1.165, 1.54) is 0 Å². The second kappa shape index (κ2) is 6.79. The molecule has 6 heteroatoms. The number of hydrogen-bond donors (Lipinski definition) is 2. The monoisotopic (exact) mass is 278 g/mol. The van der Waals surface area contributed by atoms with Crippen LogP contribution in [0.5, 0.6) is 0 Å². The van der Waals surface area contributed by atoms with Gasteiger partial charge in [0.2, 0.25) is 5.91 Å². The smallest absolute Gasteiger partial charge is 0.251 e. The first kappa shape index (κ1) is 14.2. The van der Waals surface area contributed by atoms with Crippen molar-refractivity contribution >= 4 is 11.8 Å². The number of allylic oxidation sites excluding steroid dienone is 1. The van der Waals surface area contributed by atoms with Crippen molar-refractivity contribution < 1.29 is 18.7 Å². The van der Waals surface area contributed by atoms with Crippen molar-refractivity contribution in [3.63, 3.8) is 0 Å². The van der Waals surface area contributed by atoms with Crippen molar-refractivity contribution in [1.29, 1.82) is 0 Å². The van der Waals surface area contributed by atoms with Crippen LogP contribution in [0.2, 0.25) is 0 Å². The standard InChI is InChI=1S/C14H18N2O4/c1-10-12(5-3-6-19-10)14(18)16-9-13(17)15-8-11-4-2-7-20-11/h2,4,7H,3,5-6,8-9H2,1H3,(H,15,17)(H,16,18). The number of furan rings is 1. The number of hydrogen-bond acceptors (Lipinski definition) is 4. The average molecular weight is 278 g/mol. The van der Waals surface area contributed by atoms with Gasteiger partial charge < -0.3 is 19.8 Å². The maximum atomic E-state index is 11.9. The first-order chi connectivity index (χ1) is 9.66. The van der Waals surface area contributed by atoms with E-state index in [9.17, 15) is 9.59 Å². The van der Waals surface area contributed by atoms with Crippen LogP contribution >= 0.6 is 0 Å². The topological polar surface area (TPSA) is 80.6 Å². The number of carbonyl (C=O) groups is 2. The molecule has 1 aliphatic rings. The fourth-order valence-corrected chi connectivity index (χ4v) is 1.94. The molecular formula is C14H18N2O4. The van der Waals surface area contributed by atoms with E-state index < -0.39 is 0 Å². The van der Waals surface area contributed by atoms with E-state index in [1.807, 2.05) is 0 Å². The molecule has 0 spiro atoms. The summed E-state index contributed by atoms with van der Waals surface area (Å²) in [5.41, 5.74) is 0.620. The summed E-state index contributed by atoms with van der Waals surface area (Å²) in [4.78, 5) is 23.5. The summed E-state index contributed by atoms with van der Waals surface area (Å²) in [7, 11) is 0. The van der Waals surface area contributed by atoms with Gasteiger partial charge in [0, 0.05) is 0 Å². The van der Waals surface area contributed by atoms with E-state index in [0.29, 0.717) is 36.7 Å². The van der Waals surface area contributed by atoms with Crippen LogP contribution in [0.4, 0.5) is 0 Å². The van der Waals surface area contributed by atoms with E-state index >= 15 is 0 Å². The Morgan fingerprint density at radius 2 is 2.20 bits per heavy atom. The third kappa shape index (κ3) is 3.88. The van der Waals surface area contributed by atoms with Crippen LogP contribution in [0.25, 0.3) is 0 Å². The van der Waals surface area contributed by atoms with E-state index in [-0.39, 0.29) is 18.4 Å². The Balaban J connectivity index is 1.74. The van der Waals surface area contributed by atoms with Gasteiger partial charge in [0.15, 0.2) is 0 Å². The maximum Gasteiger partial charge on any atom is 0.251 e. The van der Waals surface area contributed by atoms with E-state index in [0.717, 1.165) is 6.42 Å². The molecule has 2 heterocycles. The Labute approximate surface area is 117 Å². The van der Waals surface area contributed by atoms with E-state index in [1.54, 1.807) is 25.3 Å². The lowest BCUT2D eigenvalue weighted by atomic mass is 10.1. The molecule has 0 fully saturated rings. The summed E-state index contributed by atoms with van der Waals surface area (Å²) in [5.74, 6) is 0.814. The van der Waals surface area contributed by atoms with Gasteiger partial charge >= 0.3 is 0 Å². The minimum Gasteiger partial charge on any atom is -0.498 e. The molecule has 0 unspecified atom stereocenters. The Bertz CT molecular complexity index is 505. The quantitative estimate of drug-likeness (QED) is 0.845. The van der Waals surface area contributed by atoms with Gasteiger partial charge in [-0.15, -0.1) is 0 Å². The average Bonchev–Trinajstić information content (AvgIpc) is 2.96. The van der Waals surface area contributed by atoms with Crippen molar-refractivity contribution in [3.8, 4) is 0 Å². The minimum absolute atomic E-state index is 0.0592. The Kier molecular flexibility index (Phi) is 4.81. The molecule has 1 aromatic rings. The molecule has 0 atom stereocenters. The van der Waals surface area contributed by atoms with Crippen molar-refractivity contribution in [3.05, 3.63) is 35.5 Å². The number of carbonyl (C=O) groups excluding carboxylic acids is 2. The van der Waals surface area contributed by atoms with Gasteiger partial charge in [-0.05, 0) is 31.9 Å². The first-order valence-corrected chi connectivity index (χ1v) is 6.56. The van der Waals surface area contributed by atoms with Crippen molar-refractivity contribution in [1.82, 2.24) is 10.6 Å². The van der Waals surface area contributed by atoms with Gasteiger partial charge in [-0.2, -0.15) is 0 Å². The molecule has 108 valence electrons. The maximum absolute atomic E-state index is 11.9. The summed E-state index contributed by atoms with van der Waals surface area (Å²) in [6.07, 6.45) is 3.05. The molecule has 1 aliphatic heterocycles. The summed E-state index contributed by atoms with van der Waals surface area (Å²) in [6, 6.07) is 3.52. The summed E-state index contributed by atoms with van der Waals surface area (Å²) in [6.45, 7) is 2.67. The van der Waals surface area contributed by atoms with Gasteiger partial charge in [-0.3, -0.25) is 9.59 Å². The highest BCUT2D eigenvalue weighted by Crippen LogP contribution is 2.18. The first-order valence-electron chi connectivity index (χ1n) is 6.56. The number of nitrogens with one attached hydrogen (secondary N) is 2. The number of amides is 2. The third-order valence-corrected chi connectivity index (χ3v) is 3.04. The zero-order valence-corrected chi connectivity index (χ0v) is 11.4. The van der Waals surface area contributed by atoms with Gasteiger partial charge in [0.05, 0.1) is 31.5 Å². The Morgan fingerprint density at radius 1 is 1.35 bits per heavy atom. The highest BCUT2D eigenvalue weighted by Gasteiger charge is 2.18. The van der Waals surface area contributed by atoms with Crippen LogP contribution in [0, 0.1) is 0 Å². The number of rotatable bonds is 5. The van der Waals surface area contributed by atoms with Crippen molar-refractivity contribution in [2.75, 3.05) is 13.2 Å². The lowest BCUT2D eigenvalue weighted by molar-refractivity contribution is -0.124. The van der Waals surface area contributed by atoms with Crippen LogP contribution < -0.4 is 10.6 Å². The third-order valence-electron chi connectivity index (χ3n) is 3.04. The molecule has 0 saturated heterocycles.